The largest absolute Gasteiger partial charge is 0.444 e. The van der Waals surface area contributed by atoms with Gasteiger partial charge in [-0.2, -0.15) is 5.10 Å². The summed E-state index contributed by atoms with van der Waals surface area (Å²) in [6, 6.07) is 9.84. The predicted octanol–water partition coefficient (Wildman–Crippen LogP) is 2.53. The molecule has 0 aliphatic rings. The topological polar surface area (TPSA) is 43.9 Å². The second-order valence-corrected chi connectivity index (χ2v) is 3.36. The van der Waals surface area contributed by atoms with Gasteiger partial charge < -0.3 is 4.42 Å². The molecule has 0 atom stereocenters. The molecule has 0 aliphatic heterocycles. The standard InChI is InChI=1S/C12H9N3O/c1-6-14-15(7-1)11-4-2-10(3-5-11)12-8-13-9-16-12/h1-9H. The van der Waals surface area contributed by atoms with Gasteiger partial charge in [-0.15, -0.1) is 0 Å². The summed E-state index contributed by atoms with van der Waals surface area (Å²) in [6.45, 7) is 0. The molecule has 0 spiro atoms. The van der Waals surface area contributed by atoms with Gasteiger partial charge in [-0.05, 0) is 30.3 Å². The number of oxazole rings is 1. The van der Waals surface area contributed by atoms with Gasteiger partial charge in [-0.3, -0.25) is 0 Å². The Kier molecular flexibility index (Phi) is 2.04. The Morgan fingerprint density at radius 3 is 2.62 bits per heavy atom. The van der Waals surface area contributed by atoms with E-state index in [9.17, 15) is 0 Å². The highest BCUT2D eigenvalue weighted by atomic mass is 16.3. The molecule has 2 aromatic heterocycles. The Labute approximate surface area is 92.2 Å². The van der Waals surface area contributed by atoms with Crippen LogP contribution in [0.1, 0.15) is 0 Å². The average molecular weight is 211 g/mol. The zero-order chi connectivity index (χ0) is 10.8. The number of hydrogen-bond acceptors (Lipinski definition) is 3. The van der Waals surface area contributed by atoms with Gasteiger partial charge in [0.05, 0.1) is 11.9 Å². The molecule has 4 heteroatoms. The zero-order valence-electron chi connectivity index (χ0n) is 8.45. The van der Waals surface area contributed by atoms with Gasteiger partial charge in [0.25, 0.3) is 0 Å². The summed E-state index contributed by atoms with van der Waals surface area (Å²) in [4.78, 5) is 3.89. The molecule has 0 saturated heterocycles. The summed E-state index contributed by atoms with van der Waals surface area (Å²) in [5.41, 5.74) is 2.03. The van der Waals surface area contributed by atoms with Crippen molar-refractivity contribution in [2.75, 3.05) is 0 Å². The van der Waals surface area contributed by atoms with Crippen LogP contribution in [0, 0.1) is 0 Å². The van der Waals surface area contributed by atoms with Gasteiger partial charge in [0.1, 0.15) is 0 Å². The van der Waals surface area contributed by atoms with Crippen molar-refractivity contribution in [3.63, 3.8) is 0 Å². The molecule has 0 radical (unpaired) electrons. The van der Waals surface area contributed by atoms with E-state index in [0.29, 0.717) is 0 Å². The molecule has 2 heterocycles. The van der Waals surface area contributed by atoms with Crippen molar-refractivity contribution in [1.82, 2.24) is 14.8 Å². The van der Waals surface area contributed by atoms with Crippen molar-refractivity contribution < 1.29 is 4.42 Å². The average Bonchev–Trinajstić information content (AvgIpc) is 3.03. The maximum absolute atomic E-state index is 5.22. The fourth-order valence-corrected chi connectivity index (χ4v) is 1.56. The number of nitrogens with zero attached hydrogens (tertiary/aromatic N) is 3. The van der Waals surface area contributed by atoms with Crippen molar-refractivity contribution in [3.8, 4) is 17.0 Å². The first-order valence-electron chi connectivity index (χ1n) is 4.92. The van der Waals surface area contributed by atoms with E-state index in [1.54, 1.807) is 12.4 Å². The van der Waals surface area contributed by atoms with Crippen LogP contribution in [0.25, 0.3) is 17.0 Å². The summed E-state index contributed by atoms with van der Waals surface area (Å²) >= 11 is 0. The minimum absolute atomic E-state index is 0.770. The van der Waals surface area contributed by atoms with Gasteiger partial charge in [-0.25, -0.2) is 9.67 Å². The summed E-state index contributed by atoms with van der Waals surface area (Å²) in [5, 5.41) is 4.16. The lowest BCUT2D eigenvalue weighted by Gasteiger charge is -2.01. The van der Waals surface area contributed by atoms with Crippen LogP contribution in [0.15, 0.2) is 59.7 Å². The fraction of sp³-hybridized carbons (Fsp3) is 0. The number of hydrogen-bond donors (Lipinski definition) is 0. The third-order valence-corrected chi connectivity index (χ3v) is 2.35. The smallest absolute Gasteiger partial charge is 0.181 e. The van der Waals surface area contributed by atoms with Crippen LogP contribution in [-0.4, -0.2) is 14.8 Å². The monoisotopic (exact) mass is 211 g/mol. The SMILES string of the molecule is c1cnn(-c2ccc(-c3cnco3)cc2)c1. The Morgan fingerprint density at radius 1 is 1.12 bits per heavy atom. The predicted molar refractivity (Wildman–Crippen MR) is 59.1 cm³/mol. The van der Waals surface area contributed by atoms with E-state index in [-0.39, 0.29) is 0 Å². The maximum Gasteiger partial charge on any atom is 0.181 e. The van der Waals surface area contributed by atoms with Crippen LogP contribution in [0.5, 0.6) is 0 Å². The van der Waals surface area contributed by atoms with Crippen molar-refractivity contribution >= 4 is 0 Å². The molecule has 78 valence electrons. The first-order valence-corrected chi connectivity index (χ1v) is 4.92. The Bertz CT molecular complexity index is 500. The van der Waals surface area contributed by atoms with Gasteiger partial charge >= 0.3 is 0 Å². The van der Waals surface area contributed by atoms with E-state index >= 15 is 0 Å². The van der Waals surface area contributed by atoms with Crippen LogP contribution >= 0.6 is 0 Å². The Morgan fingerprint density at radius 2 is 2.00 bits per heavy atom. The molecule has 0 unspecified atom stereocenters. The first kappa shape index (κ1) is 8.91. The lowest BCUT2D eigenvalue weighted by molar-refractivity contribution is 0.572. The minimum atomic E-state index is 0.770. The van der Waals surface area contributed by atoms with E-state index in [0.717, 1.165) is 17.0 Å². The lowest BCUT2D eigenvalue weighted by Crippen LogP contribution is -1.93. The van der Waals surface area contributed by atoms with Crippen LogP contribution < -0.4 is 0 Å². The summed E-state index contributed by atoms with van der Waals surface area (Å²) in [7, 11) is 0. The van der Waals surface area contributed by atoms with Crippen molar-refractivity contribution in [1.29, 1.82) is 0 Å². The highest BCUT2D eigenvalue weighted by molar-refractivity contribution is 5.58. The molecular formula is C12H9N3O. The van der Waals surface area contributed by atoms with Crippen LogP contribution in [0.4, 0.5) is 0 Å². The van der Waals surface area contributed by atoms with Gasteiger partial charge in [0.2, 0.25) is 0 Å². The minimum Gasteiger partial charge on any atom is -0.444 e. The quantitative estimate of drug-likeness (QED) is 0.654. The number of aromatic nitrogens is 3. The lowest BCUT2D eigenvalue weighted by atomic mass is 10.2. The molecule has 1 aromatic carbocycles. The summed E-state index contributed by atoms with van der Waals surface area (Å²) < 4.78 is 7.03. The van der Waals surface area contributed by atoms with E-state index in [1.807, 2.05) is 41.2 Å². The maximum atomic E-state index is 5.22. The van der Waals surface area contributed by atoms with Crippen molar-refractivity contribution in [2.24, 2.45) is 0 Å². The van der Waals surface area contributed by atoms with Crippen molar-refractivity contribution in [3.05, 3.63) is 55.3 Å². The Balaban J connectivity index is 1.97. The van der Waals surface area contributed by atoms with Crippen LogP contribution in [0.2, 0.25) is 0 Å². The molecular weight excluding hydrogens is 202 g/mol. The van der Waals surface area contributed by atoms with Crippen LogP contribution in [-0.2, 0) is 0 Å². The summed E-state index contributed by atoms with van der Waals surface area (Å²) in [6.07, 6.45) is 6.79. The zero-order valence-corrected chi connectivity index (χ0v) is 8.45. The third kappa shape index (κ3) is 1.50. The molecule has 16 heavy (non-hydrogen) atoms. The molecule has 0 amide bonds. The fourth-order valence-electron chi connectivity index (χ4n) is 1.56. The molecule has 0 N–H and O–H groups in total. The normalized spacial score (nSPS) is 10.5. The van der Waals surface area contributed by atoms with E-state index in [2.05, 4.69) is 10.1 Å². The second kappa shape index (κ2) is 3.66. The molecule has 0 saturated carbocycles. The number of rotatable bonds is 2. The van der Waals surface area contributed by atoms with E-state index < -0.39 is 0 Å². The van der Waals surface area contributed by atoms with Gasteiger partial charge in [0, 0.05) is 18.0 Å². The summed E-state index contributed by atoms with van der Waals surface area (Å²) in [5.74, 6) is 0.770. The molecule has 3 rings (SSSR count). The van der Waals surface area contributed by atoms with Gasteiger partial charge in [0.15, 0.2) is 12.2 Å². The van der Waals surface area contributed by atoms with E-state index in [1.165, 1.54) is 6.39 Å². The second-order valence-electron chi connectivity index (χ2n) is 3.36. The molecule has 0 aliphatic carbocycles. The molecule has 0 bridgehead atoms. The highest BCUT2D eigenvalue weighted by Crippen LogP contribution is 2.19. The molecule has 4 nitrogen and oxygen atoms in total. The third-order valence-electron chi connectivity index (χ3n) is 2.35. The first-order chi connectivity index (χ1) is 7.93. The van der Waals surface area contributed by atoms with Crippen LogP contribution in [0.3, 0.4) is 0 Å². The Hall–Kier alpha value is -2.36. The highest BCUT2D eigenvalue weighted by Gasteiger charge is 2.01. The number of benzene rings is 1. The van der Waals surface area contributed by atoms with E-state index in [4.69, 9.17) is 4.42 Å². The molecule has 3 aromatic rings. The van der Waals surface area contributed by atoms with Crippen molar-refractivity contribution in [2.45, 2.75) is 0 Å². The molecule has 0 fully saturated rings. The van der Waals surface area contributed by atoms with Gasteiger partial charge in [-0.1, -0.05) is 0 Å².